The minimum atomic E-state index is -2.72. The number of fused-ring (bicyclic) bond motifs is 2. The summed E-state index contributed by atoms with van der Waals surface area (Å²) in [6.07, 6.45) is 9.82. The Bertz CT molecular complexity index is 1360. The monoisotopic (exact) mass is 584 g/mol. The topological polar surface area (TPSA) is 0 Å². The van der Waals surface area contributed by atoms with Gasteiger partial charge in [0.05, 0.1) is 0 Å². The van der Waals surface area contributed by atoms with Crippen LogP contribution in [0.5, 0.6) is 0 Å². The molecule has 2 aliphatic carbocycles. The van der Waals surface area contributed by atoms with Crippen LogP contribution in [0.15, 0.2) is 121 Å². The van der Waals surface area contributed by atoms with Crippen molar-refractivity contribution in [1.29, 1.82) is 0 Å². The molecule has 6 rings (SSSR count). The van der Waals surface area contributed by atoms with E-state index in [2.05, 4.69) is 147 Å². The average molecular weight is 587 g/mol. The molecule has 0 aromatic heterocycles. The first-order chi connectivity index (χ1) is 16.6. The zero-order valence-electron chi connectivity index (χ0n) is 20.5. The number of hydrogen-bond donors (Lipinski definition) is 0. The van der Waals surface area contributed by atoms with Crippen LogP contribution in [-0.4, -0.2) is 3.21 Å². The van der Waals surface area contributed by atoms with Gasteiger partial charge in [-0.2, -0.15) is 0 Å². The molecule has 3 heteroatoms. The Morgan fingerprint density at radius 1 is 0.500 bits per heavy atom. The van der Waals surface area contributed by atoms with Gasteiger partial charge in [-0.1, -0.05) is 0 Å². The largest absolute Gasteiger partial charge is 1.00 e. The first kappa shape index (κ1) is 26.7. The quantitative estimate of drug-likeness (QED) is 0.342. The number of halogens is 2. The summed E-state index contributed by atoms with van der Waals surface area (Å²) in [7, 11) is 0. The molecule has 0 fully saturated rings. The Balaban J connectivity index is 0.00000152. The van der Waals surface area contributed by atoms with Crippen LogP contribution in [0.4, 0.5) is 0 Å². The van der Waals surface area contributed by atoms with Gasteiger partial charge in [0.1, 0.15) is 0 Å². The van der Waals surface area contributed by atoms with Gasteiger partial charge in [-0.3, -0.25) is 0 Å². The Morgan fingerprint density at radius 3 is 1.28 bits per heavy atom. The summed E-state index contributed by atoms with van der Waals surface area (Å²) in [5.41, 5.74) is 8.49. The first-order valence-electron chi connectivity index (χ1n) is 12.0. The van der Waals surface area contributed by atoms with Crippen molar-refractivity contribution >= 4 is 15.4 Å². The molecule has 0 radical (unpaired) electrons. The van der Waals surface area contributed by atoms with E-state index >= 15 is 0 Å². The van der Waals surface area contributed by atoms with Crippen molar-refractivity contribution in [2.45, 2.75) is 20.1 Å². The van der Waals surface area contributed by atoms with Crippen LogP contribution in [-0.2, 0) is 27.5 Å². The van der Waals surface area contributed by atoms with Crippen LogP contribution in [0.3, 0.4) is 0 Å². The van der Waals surface area contributed by atoms with Gasteiger partial charge in [-0.05, 0) is 0 Å². The molecule has 0 heterocycles. The summed E-state index contributed by atoms with van der Waals surface area (Å²) in [6, 6.07) is 40.4. The van der Waals surface area contributed by atoms with Gasteiger partial charge in [0.15, 0.2) is 0 Å². The standard InChI is InChI=1S/C13H10.2C10H9.2ClH.Zr/c1-3-7-12(8-4-1)11-13-9-5-2-6-10-13;2*1-8-6-7-9-4-2-3-5-10(8)9;;;/h1-10H;2*2-7H,1H3;2*1H;/q;;;;;+2/p-2. The van der Waals surface area contributed by atoms with Crippen molar-refractivity contribution in [1.82, 2.24) is 0 Å². The number of allylic oxidation sites excluding steroid dienone is 2. The minimum Gasteiger partial charge on any atom is -1.00 e. The Morgan fingerprint density at radius 2 is 0.861 bits per heavy atom. The molecule has 2 unspecified atom stereocenters. The molecule has 0 nitrogen and oxygen atoms in total. The summed E-state index contributed by atoms with van der Waals surface area (Å²) in [6.45, 7) is 5.05. The predicted molar refractivity (Wildman–Crippen MR) is 142 cm³/mol. The molecule has 0 saturated carbocycles. The van der Waals surface area contributed by atoms with Crippen LogP contribution < -0.4 is 24.8 Å². The van der Waals surface area contributed by atoms with Gasteiger partial charge in [0, 0.05) is 0 Å². The zero-order chi connectivity index (χ0) is 23.2. The van der Waals surface area contributed by atoms with E-state index in [1.165, 1.54) is 33.4 Å². The van der Waals surface area contributed by atoms with Gasteiger partial charge in [0.2, 0.25) is 0 Å². The number of hydrogen-bond acceptors (Lipinski definition) is 0. The molecule has 2 aliphatic rings. The average Bonchev–Trinajstić information content (AvgIpc) is 3.42. The summed E-state index contributed by atoms with van der Waals surface area (Å²) in [5.74, 6) is 0. The molecule has 0 N–H and O–H groups in total. The van der Waals surface area contributed by atoms with E-state index < -0.39 is 21.3 Å². The van der Waals surface area contributed by atoms with Crippen LogP contribution in [0, 0.1) is 0 Å². The van der Waals surface area contributed by atoms with Gasteiger partial charge in [-0.15, -0.1) is 0 Å². The van der Waals surface area contributed by atoms with E-state index in [9.17, 15) is 0 Å². The molecular weight excluding hydrogens is 558 g/mol. The maximum Gasteiger partial charge on any atom is -1.00 e. The summed E-state index contributed by atoms with van der Waals surface area (Å²) in [5, 5.41) is 0. The van der Waals surface area contributed by atoms with E-state index in [4.69, 9.17) is 0 Å². The van der Waals surface area contributed by atoms with Crippen molar-refractivity contribution in [2.75, 3.05) is 0 Å². The van der Waals surface area contributed by atoms with Crippen molar-refractivity contribution in [3.05, 3.63) is 155 Å². The summed E-state index contributed by atoms with van der Waals surface area (Å²) >= 11 is -2.72. The van der Waals surface area contributed by atoms with Crippen molar-refractivity contribution < 1.29 is 46.1 Å². The van der Waals surface area contributed by atoms with E-state index in [1.54, 1.807) is 3.21 Å². The molecule has 4 aromatic rings. The maximum absolute atomic E-state index is 2.72. The van der Waals surface area contributed by atoms with Gasteiger partial charge in [-0.25, -0.2) is 0 Å². The van der Waals surface area contributed by atoms with E-state index in [-0.39, 0.29) is 31.1 Å². The van der Waals surface area contributed by atoms with Crippen LogP contribution in [0.1, 0.15) is 47.2 Å². The second-order valence-corrected chi connectivity index (χ2v) is 17.9. The third-order valence-electron chi connectivity index (χ3n) is 7.65. The smallest absolute Gasteiger partial charge is 1.00 e. The van der Waals surface area contributed by atoms with E-state index in [1.807, 2.05) is 0 Å². The number of rotatable bonds is 4. The fourth-order valence-electron chi connectivity index (χ4n) is 6.08. The molecule has 0 spiro atoms. The normalized spacial score (nSPS) is 20.4. The fraction of sp³-hybridized carbons (Fsp3) is 0.121. The van der Waals surface area contributed by atoms with E-state index in [0.29, 0.717) is 0 Å². The number of benzene rings is 4. The SMILES string of the molecule is C[C]1([Zr+2](=[C](c2ccccc2)c2ccccc2)[C]2(C)C=Cc3ccccc32)C=Cc2ccccc21.[Cl-].[Cl-]. The van der Waals surface area contributed by atoms with Crippen molar-refractivity contribution in [2.24, 2.45) is 0 Å². The maximum atomic E-state index is 2.54. The summed E-state index contributed by atoms with van der Waals surface area (Å²) in [4.78, 5) is 0. The summed E-state index contributed by atoms with van der Waals surface area (Å²) < 4.78 is 1.64. The predicted octanol–water partition coefficient (Wildman–Crippen LogP) is 1.77. The van der Waals surface area contributed by atoms with Gasteiger partial charge >= 0.3 is 211 Å². The van der Waals surface area contributed by atoms with E-state index in [0.717, 1.165) is 0 Å². The third kappa shape index (κ3) is 4.26. The molecule has 0 aliphatic heterocycles. The van der Waals surface area contributed by atoms with Crippen molar-refractivity contribution in [3.63, 3.8) is 0 Å². The molecule has 0 saturated heterocycles. The molecule has 0 amide bonds. The molecule has 0 bridgehead atoms. The molecule has 4 aromatic carbocycles. The first-order valence-corrected chi connectivity index (χ1v) is 15.7. The molecule has 178 valence electrons. The fourth-order valence-corrected chi connectivity index (χ4v) is 17.2. The molecule has 36 heavy (non-hydrogen) atoms. The second-order valence-electron chi connectivity index (χ2n) is 9.73. The molecule has 2 atom stereocenters. The molecular formula is C33H28Cl2Zr. The third-order valence-corrected chi connectivity index (χ3v) is 17.5. The van der Waals surface area contributed by atoms with Gasteiger partial charge in [0.25, 0.3) is 0 Å². The van der Waals surface area contributed by atoms with Crippen LogP contribution in [0.25, 0.3) is 12.2 Å². The van der Waals surface area contributed by atoms with Crippen LogP contribution >= 0.6 is 0 Å². The second kappa shape index (κ2) is 10.6. The Kier molecular flexibility index (Phi) is 7.87. The Hall–Kier alpha value is -2.31. The Labute approximate surface area is 234 Å². The zero-order valence-corrected chi connectivity index (χ0v) is 24.4. The van der Waals surface area contributed by atoms with Crippen LogP contribution in [0.2, 0.25) is 0 Å². The van der Waals surface area contributed by atoms with Gasteiger partial charge < -0.3 is 24.8 Å². The van der Waals surface area contributed by atoms with Crippen molar-refractivity contribution in [3.8, 4) is 0 Å². The minimum absolute atomic E-state index is 0.